The maximum Gasteiger partial charge on any atom is 0.0294 e. The van der Waals surface area contributed by atoms with Crippen LogP contribution in [0.2, 0.25) is 0 Å². The fourth-order valence-corrected chi connectivity index (χ4v) is 3.04. The van der Waals surface area contributed by atoms with Gasteiger partial charge >= 0.3 is 0 Å². The standard InChI is InChI=1S/C17H27N/c1-12-6-9-16(10-7-12)15(4)18-17-11-13(2)5-8-14(17)3/h6-7,9-10,13-15,17-18H,5,8,11H2,1-4H3/t13?,14?,15-,17?/m1/s1. The molecular weight excluding hydrogens is 218 g/mol. The fourth-order valence-electron chi connectivity index (χ4n) is 3.04. The zero-order chi connectivity index (χ0) is 13.1. The van der Waals surface area contributed by atoms with Gasteiger partial charge in [-0.2, -0.15) is 0 Å². The first-order valence-corrected chi connectivity index (χ1v) is 7.39. The molecule has 1 N–H and O–H groups in total. The van der Waals surface area contributed by atoms with Crippen molar-refractivity contribution in [3.8, 4) is 0 Å². The number of aryl methyl sites for hydroxylation is 1. The predicted octanol–water partition coefficient (Wildman–Crippen LogP) is 4.47. The average molecular weight is 245 g/mol. The monoisotopic (exact) mass is 245 g/mol. The van der Waals surface area contributed by atoms with Gasteiger partial charge in [0, 0.05) is 12.1 Å². The van der Waals surface area contributed by atoms with Gasteiger partial charge in [0.25, 0.3) is 0 Å². The van der Waals surface area contributed by atoms with Gasteiger partial charge in [-0.1, -0.05) is 50.1 Å². The van der Waals surface area contributed by atoms with Crippen LogP contribution in [0.4, 0.5) is 0 Å². The lowest BCUT2D eigenvalue weighted by Crippen LogP contribution is -2.40. The molecule has 0 saturated heterocycles. The van der Waals surface area contributed by atoms with Crippen LogP contribution in [0.15, 0.2) is 24.3 Å². The molecule has 4 atom stereocenters. The molecule has 1 nitrogen and oxygen atoms in total. The third-order valence-electron chi connectivity index (χ3n) is 4.50. The van der Waals surface area contributed by atoms with E-state index in [0.29, 0.717) is 12.1 Å². The molecule has 18 heavy (non-hydrogen) atoms. The summed E-state index contributed by atoms with van der Waals surface area (Å²) in [5.41, 5.74) is 2.75. The molecule has 3 unspecified atom stereocenters. The Morgan fingerprint density at radius 1 is 1.11 bits per heavy atom. The molecule has 0 amide bonds. The van der Waals surface area contributed by atoms with Crippen LogP contribution in [-0.2, 0) is 0 Å². The number of nitrogens with one attached hydrogen (secondary N) is 1. The van der Waals surface area contributed by atoms with Crippen molar-refractivity contribution < 1.29 is 0 Å². The Labute approximate surface area is 112 Å². The summed E-state index contributed by atoms with van der Waals surface area (Å²) < 4.78 is 0. The number of hydrogen-bond donors (Lipinski definition) is 1. The van der Waals surface area contributed by atoms with Gasteiger partial charge in [0.05, 0.1) is 0 Å². The van der Waals surface area contributed by atoms with Gasteiger partial charge in [-0.15, -0.1) is 0 Å². The molecule has 0 radical (unpaired) electrons. The number of benzene rings is 1. The largest absolute Gasteiger partial charge is 0.307 e. The predicted molar refractivity (Wildman–Crippen MR) is 78.7 cm³/mol. The van der Waals surface area contributed by atoms with Gasteiger partial charge in [0.1, 0.15) is 0 Å². The minimum atomic E-state index is 0.461. The highest BCUT2D eigenvalue weighted by Crippen LogP contribution is 2.30. The second-order valence-electron chi connectivity index (χ2n) is 6.30. The van der Waals surface area contributed by atoms with Gasteiger partial charge in [-0.25, -0.2) is 0 Å². The van der Waals surface area contributed by atoms with Crippen LogP contribution >= 0.6 is 0 Å². The van der Waals surface area contributed by atoms with E-state index < -0.39 is 0 Å². The number of hydrogen-bond acceptors (Lipinski definition) is 1. The lowest BCUT2D eigenvalue weighted by Gasteiger charge is -2.35. The van der Waals surface area contributed by atoms with Crippen LogP contribution in [0, 0.1) is 18.8 Å². The zero-order valence-electron chi connectivity index (χ0n) is 12.2. The first kappa shape index (κ1) is 13.6. The third-order valence-corrected chi connectivity index (χ3v) is 4.50. The van der Waals surface area contributed by atoms with Gasteiger partial charge in [-0.05, 0) is 44.1 Å². The molecule has 1 aliphatic rings. The molecule has 0 bridgehead atoms. The minimum Gasteiger partial charge on any atom is -0.307 e. The topological polar surface area (TPSA) is 12.0 Å². The van der Waals surface area contributed by atoms with Gasteiger partial charge < -0.3 is 5.32 Å². The van der Waals surface area contributed by atoms with Crippen molar-refractivity contribution in [3.05, 3.63) is 35.4 Å². The Hall–Kier alpha value is -0.820. The Kier molecular flexibility index (Phi) is 4.45. The molecule has 2 rings (SSSR count). The molecule has 1 aromatic carbocycles. The summed E-state index contributed by atoms with van der Waals surface area (Å²) in [6.45, 7) is 9.21. The van der Waals surface area contributed by atoms with Crippen molar-refractivity contribution in [2.24, 2.45) is 11.8 Å². The molecular formula is C17H27N. The average Bonchev–Trinajstić information content (AvgIpc) is 2.34. The van der Waals surface area contributed by atoms with E-state index in [1.807, 2.05) is 0 Å². The van der Waals surface area contributed by atoms with Crippen LogP contribution in [0.1, 0.15) is 57.2 Å². The van der Waals surface area contributed by atoms with Crippen LogP contribution < -0.4 is 5.32 Å². The van der Waals surface area contributed by atoms with Crippen molar-refractivity contribution in [1.82, 2.24) is 5.32 Å². The Balaban J connectivity index is 1.97. The van der Waals surface area contributed by atoms with E-state index in [1.165, 1.54) is 30.4 Å². The van der Waals surface area contributed by atoms with Crippen molar-refractivity contribution in [2.45, 2.75) is 59.0 Å². The maximum absolute atomic E-state index is 3.83. The summed E-state index contributed by atoms with van der Waals surface area (Å²) in [6, 6.07) is 10.1. The van der Waals surface area contributed by atoms with E-state index in [0.717, 1.165) is 11.8 Å². The molecule has 0 heterocycles. The molecule has 1 aliphatic carbocycles. The Bertz CT molecular complexity index is 368. The molecule has 100 valence electrons. The maximum atomic E-state index is 3.83. The summed E-state index contributed by atoms with van der Waals surface area (Å²) in [7, 11) is 0. The first-order chi connectivity index (χ1) is 8.56. The minimum absolute atomic E-state index is 0.461. The SMILES string of the molecule is Cc1ccc([C@@H](C)NC2CC(C)CCC2C)cc1. The first-order valence-electron chi connectivity index (χ1n) is 7.39. The quantitative estimate of drug-likeness (QED) is 0.828. The molecule has 1 heteroatoms. The normalized spacial score (nSPS) is 30.1. The molecule has 0 aliphatic heterocycles. The highest BCUT2D eigenvalue weighted by atomic mass is 15.0. The van der Waals surface area contributed by atoms with Gasteiger partial charge in [0.15, 0.2) is 0 Å². The van der Waals surface area contributed by atoms with Crippen LogP contribution in [-0.4, -0.2) is 6.04 Å². The Morgan fingerprint density at radius 3 is 2.44 bits per heavy atom. The lowest BCUT2D eigenvalue weighted by atomic mass is 9.79. The van der Waals surface area contributed by atoms with Gasteiger partial charge in [0.2, 0.25) is 0 Å². The molecule has 0 aromatic heterocycles. The van der Waals surface area contributed by atoms with E-state index in [1.54, 1.807) is 0 Å². The summed E-state index contributed by atoms with van der Waals surface area (Å²) in [5.74, 6) is 1.69. The van der Waals surface area contributed by atoms with Crippen molar-refractivity contribution in [1.29, 1.82) is 0 Å². The van der Waals surface area contributed by atoms with Crippen molar-refractivity contribution >= 4 is 0 Å². The van der Waals surface area contributed by atoms with Crippen molar-refractivity contribution in [2.75, 3.05) is 0 Å². The smallest absolute Gasteiger partial charge is 0.0294 e. The second kappa shape index (κ2) is 5.88. The van der Waals surface area contributed by atoms with E-state index in [-0.39, 0.29) is 0 Å². The summed E-state index contributed by atoms with van der Waals surface area (Å²) in [4.78, 5) is 0. The van der Waals surface area contributed by atoms with Crippen molar-refractivity contribution in [3.63, 3.8) is 0 Å². The number of rotatable bonds is 3. The van der Waals surface area contributed by atoms with E-state index in [4.69, 9.17) is 0 Å². The molecule has 1 aromatic rings. The molecule has 0 spiro atoms. The zero-order valence-corrected chi connectivity index (χ0v) is 12.2. The highest BCUT2D eigenvalue weighted by molar-refractivity contribution is 5.23. The summed E-state index contributed by atoms with van der Waals surface area (Å²) in [5, 5.41) is 3.83. The summed E-state index contributed by atoms with van der Waals surface area (Å²) in [6.07, 6.45) is 4.11. The highest BCUT2D eigenvalue weighted by Gasteiger charge is 2.26. The Morgan fingerprint density at radius 2 is 1.78 bits per heavy atom. The summed E-state index contributed by atoms with van der Waals surface area (Å²) >= 11 is 0. The second-order valence-corrected chi connectivity index (χ2v) is 6.30. The fraction of sp³-hybridized carbons (Fsp3) is 0.647. The van der Waals surface area contributed by atoms with E-state index in [2.05, 4.69) is 57.3 Å². The van der Waals surface area contributed by atoms with E-state index in [9.17, 15) is 0 Å². The van der Waals surface area contributed by atoms with Crippen LogP contribution in [0.5, 0.6) is 0 Å². The van der Waals surface area contributed by atoms with Crippen LogP contribution in [0.3, 0.4) is 0 Å². The molecule has 1 fully saturated rings. The van der Waals surface area contributed by atoms with E-state index >= 15 is 0 Å². The van der Waals surface area contributed by atoms with Gasteiger partial charge in [-0.3, -0.25) is 0 Å². The molecule has 1 saturated carbocycles. The third kappa shape index (κ3) is 3.35. The van der Waals surface area contributed by atoms with Crippen LogP contribution in [0.25, 0.3) is 0 Å². The lowest BCUT2D eigenvalue weighted by molar-refractivity contribution is 0.216.